The van der Waals surface area contributed by atoms with E-state index in [2.05, 4.69) is 30.2 Å². The van der Waals surface area contributed by atoms with Gasteiger partial charge in [0, 0.05) is 18.5 Å². The number of nitrogens with one attached hydrogen (secondary N) is 2. The smallest absolute Gasteiger partial charge is 0.345 e. The Morgan fingerprint density at radius 2 is 1.96 bits per heavy atom. The first-order valence-electron chi connectivity index (χ1n) is 7.99. The van der Waals surface area contributed by atoms with Gasteiger partial charge in [0.25, 0.3) is 5.91 Å². The number of rotatable bonds is 5. The van der Waals surface area contributed by atoms with E-state index in [1.165, 1.54) is 0 Å². The quantitative estimate of drug-likeness (QED) is 0.694. The summed E-state index contributed by atoms with van der Waals surface area (Å²) < 4.78 is 34.6. The molecule has 2 N–H and O–H groups in total. The maximum Gasteiger partial charge on any atom is 0.439 e. The van der Waals surface area contributed by atoms with Gasteiger partial charge in [0.1, 0.15) is 23.0 Å². The van der Waals surface area contributed by atoms with Crippen LogP contribution in [0.15, 0.2) is 21.5 Å². The van der Waals surface area contributed by atoms with Crippen molar-refractivity contribution in [3.05, 3.63) is 51.5 Å². The SMILES string of the molecule is CC(C)c1nnc(CNC(=O)c2c(F)cc(-c3noc(=O)[nH]3)cc2F)n1C. The Labute approximate surface area is 151 Å². The molecule has 0 radical (unpaired) electrons. The molecule has 3 aromatic rings. The van der Waals surface area contributed by atoms with Gasteiger partial charge in [-0.2, -0.15) is 0 Å². The van der Waals surface area contributed by atoms with E-state index in [9.17, 15) is 18.4 Å². The Morgan fingerprint density at radius 1 is 1.30 bits per heavy atom. The van der Waals surface area contributed by atoms with Crippen molar-refractivity contribution in [2.45, 2.75) is 26.3 Å². The summed E-state index contributed by atoms with van der Waals surface area (Å²) in [6, 6.07) is 1.76. The molecule has 0 aliphatic heterocycles. The standard InChI is InChI=1S/C16H16F2N6O3/c1-7(2)14-22-21-11(24(14)3)6-19-15(25)12-9(17)4-8(5-10(12)18)13-20-16(26)27-23-13/h4-5,7H,6H2,1-3H3,(H,19,25)(H,20,23,26). The van der Waals surface area contributed by atoms with Crippen molar-refractivity contribution < 1.29 is 18.1 Å². The second-order valence-electron chi connectivity index (χ2n) is 6.13. The number of amides is 1. The van der Waals surface area contributed by atoms with E-state index >= 15 is 0 Å². The fourth-order valence-electron chi connectivity index (χ4n) is 2.56. The lowest BCUT2D eigenvalue weighted by atomic mass is 10.1. The van der Waals surface area contributed by atoms with Crippen LogP contribution < -0.4 is 11.1 Å². The van der Waals surface area contributed by atoms with E-state index < -0.39 is 28.9 Å². The predicted octanol–water partition coefficient (Wildman–Crippen LogP) is 1.49. The summed E-state index contributed by atoms with van der Waals surface area (Å²) in [5.41, 5.74) is -0.821. The molecular weight excluding hydrogens is 362 g/mol. The van der Waals surface area contributed by atoms with Gasteiger partial charge in [-0.1, -0.05) is 19.0 Å². The highest BCUT2D eigenvalue weighted by Gasteiger charge is 2.21. The van der Waals surface area contributed by atoms with Crippen molar-refractivity contribution >= 4 is 5.91 Å². The van der Waals surface area contributed by atoms with Crippen molar-refractivity contribution in [3.63, 3.8) is 0 Å². The molecule has 0 saturated heterocycles. The highest BCUT2D eigenvalue weighted by molar-refractivity contribution is 5.95. The molecule has 9 nitrogen and oxygen atoms in total. The number of hydrogen-bond acceptors (Lipinski definition) is 6. The zero-order chi connectivity index (χ0) is 19.7. The average molecular weight is 378 g/mol. The third kappa shape index (κ3) is 3.61. The number of benzene rings is 1. The molecule has 1 aromatic carbocycles. The first-order valence-corrected chi connectivity index (χ1v) is 7.99. The summed E-state index contributed by atoms with van der Waals surface area (Å²) in [6.45, 7) is 3.84. The number of nitrogens with zero attached hydrogens (tertiary/aromatic N) is 4. The van der Waals surface area contributed by atoms with Gasteiger partial charge in [-0.05, 0) is 12.1 Å². The van der Waals surface area contributed by atoms with Crippen molar-refractivity contribution in [2.75, 3.05) is 0 Å². The number of aromatic amines is 1. The molecule has 0 fully saturated rings. The lowest BCUT2D eigenvalue weighted by Crippen LogP contribution is -2.26. The van der Waals surface area contributed by atoms with Gasteiger partial charge in [0.15, 0.2) is 11.6 Å². The van der Waals surface area contributed by atoms with E-state index in [1.54, 1.807) is 11.6 Å². The van der Waals surface area contributed by atoms with Gasteiger partial charge in [0.05, 0.1) is 6.54 Å². The topological polar surface area (TPSA) is 119 Å². The van der Waals surface area contributed by atoms with Crippen LogP contribution in [0.25, 0.3) is 11.4 Å². The molecule has 0 aliphatic rings. The Hall–Kier alpha value is -3.37. The van der Waals surface area contributed by atoms with Gasteiger partial charge >= 0.3 is 5.76 Å². The van der Waals surface area contributed by atoms with Crippen LogP contribution in [0.3, 0.4) is 0 Å². The molecule has 11 heteroatoms. The summed E-state index contributed by atoms with van der Waals surface area (Å²) in [6.07, 6.45) is 0. The maximum atomic E-state index is 14.3. The fourth-order valence-corrected chi connectivity index (χ4v) is 2.56. The summed E-state index contributed by atoms with van der Waals surface area (Å²) in [5, 5.41) is 13.7. The van der Waals surface area contributed by atoms with Crippen molar-refractivity contribution in [1.29, 1.82) is 0 Å². The zero-order valence-electron chi connectivity index (χ0n) is 14.7. The van der Waals surface area contributed by atoms with Crippen LogP contribution in [0.5, 0.6) is 0 Å². The van der Waals surface area contributed by atoms with E-state index in [0.29, 0.717) is 5.82 Å². The summed E-state index contributed by atoms with van der Waals surface area (Å²) in [4.78, 5) is 25.3. The van der Waals surface area contributed by atoms with Crippen LogP contribution in [-0.4, -0.2) is 30.8 Å². The van der Waals surface area contributed by atoms with Crippen LogP contribution in [0.1, 0.15) is 41.8 Å². The number of hydrogen-bond donors (Lipinski definition) is 2. The Bertz CT molecular complexity index is 1030. The van der Waals surface area contributed by atoms with Crippen LogP contribution in [0.2, 0.25) is 0 Å². The Balaban J connectivity index is 1.80. The predicted molar refractivity (Wildman–Crippen MR) is 88.7 cm³/mol. The van der Waals surface area contributed by atoms with Gasteiger partial charge in [0.2, 0.25) is 0 Å². The third-order valence-electron chi connectivity index (χ3n) is 3.91. The molecule has 3 rings (SSSR count). The number of carbonyl (C=O) groups is 1. The number of aromatic nitrogens is 5. The molecule has 27 heavy (non-hydrogen) atoms. The molecule has 0 spiro atoms. The van der Waals surface area contributed by atoms with Gasteiger partial charge in [-0.15, -0.1) is 10.2 Å². The van der Waals surface area contributed by atoms with Gasteiger partial charge in [-0.3, -0.25) is 14.3 Å². The van der Waals surface area contributed by atoms with Gasteiger partial charge in [-0.25, -0.2) is 13.6 Å². The van der Waals surface area contributed by atoms with E-state index in [0.717, 1.165) is 18.0 Å². The first kappa shape index (κ1) is 18.4. The van der Waals surface area contributed by atoms with Crippen LogP contribution in [0.4, 0.5) is 8.78 Å². The number of H-pyrrole nitrogens is 1. The summed E-state index contributed by atoms with van der Waals surface area (Å²) in [5.74, 6) is -2.86. The minimum absolute atomic E-state index is 0.0493. The third-order valence-corrected chi connectivity index (χ3v) is 3.91. The zero-order valence-corrected chi connectivity index (χ0v) is 14.7. The maximum absolute atomic E-state index is 14.3. The number of carbonyl (C=O) groups excluding carboxylic acids is 1. The molecule has 2 heterocycles. The van der Waals surface area contributed by atoms with E-state index in [4.69, 9.17) is 0 Å². The summed E-state index contributed by atoms with van der Waals surface area (Å²) >= 11 is 0. The van der Waals surface area contributed by atoms with Crippen molar-refractivity contribution in [2.24, 2.45) is 7.05 Å². The lowest BCUT2D eigenvalue weighted by Gasteiger charge is -2.09. The lowest BCUT2D eigenvalue weighted by molar-refractivity contribution is 0.0941. The highest BCUT2D eigenvalue weighted by atomic mass is 19.1. The molecule has 1 amide bonds. The van der Waals surface area contributed by atoms with Crippen molar-refractivity contribution in [1.82, 2.24) is 30.2 Å². The molecule has 142 valence electrons. The molecular formula is C16H16F2N6O3. The molecule has 0 saturated carbocycles. The Kier molecular flexibility index (Phi) is 4.84. The minimum Gasteiger partial charge on any atom is -0.345 e. The second kappa shape index (κ2) is 7.09. The van der Waals surface area contributed by atoms with E-state index in [1.807, 2.05) is 13.8 Å². The first-order chi connectivity index (χ1) is 12.8. The van der Waals surface area contributed by atoms with Crippen LogP contribution in [0, 0.1) is 11.6 Å². The van der Waals surface area contributed by atoms with Crippen LogP contribution >= 0.6 is 0 Å². The monoisotopic (exact) mass is 378 g/mol. The molecule has 0 bridgehead atoms. The van der Waals surface area contributed by atoms with Gasteiger partial charge < -0.3 is 9.88 Å². The normalized spacial score (nSPS) is 11.2. The minimum atomic E-state index is -1.10. The van der Waals surface area contributed by atoms with E-state index in [-0.39, 0.29) is 23.9 Å². The molecule has 0 atom stereocenters. The van der Waals surface area contributed by atoms with Crippen LogP contribution in [-0.2, 0) is 13.6 Å². The summed E-state index contributed by atoms with van der Waals surface area (Å²) in [7, 11) is 1.74. The molecule has 2 aromatic heterocycles. The second-order valence-corrected chi connectivity index (χ2v) is 6.13. The fraction of sp³-hybridized carbons (Fsp3) is 0.312. The molecule has 0 unspecified atom stereocenters. The number of halogens is 2. The molecule has 0 aliphatic carbocycles. The highest BCUT2D eigenvalue weighted by Crippen LogP contribution is 2.21. The Morgan fingerprint density at radius 3 is 2.48 bits per heavy atom. The largest absolute Gasteiger partial charge is 0.439 e. The average Bonchev–Trinajstić information content (AvgIpc) is 3.18. The van der Waals surface area contributed by atoms with Crippen molar-refractivity contribution in [3.8, 4) is 11.4 Å².